The zero-order valence-electron chi connectivity index (χ0n) is 13.7. The molecule has 0 saturated heterocycles. The molecule has 0 unspecified atom stereocenters. The van der Waals surface area contributed by atoms with Crippen LogP contribution in [0.5, 0.6) is 0 Å². The lowest BCUT2D eigenvalue weighted by molar-refractivity contribution is 0.0950. The standard InChI is InChI=1S/C19H19N5O/c25-19(18-11-17(22-23-18)13-6-2-1-3-7-13)24-20-12-15-10-14-8-4-5-9-16(14)21-15/h1-3,6-7,10-12,21H,4-5,8-9H2,(H,22,23)(H,24,25)/b20-12-. The molecule has 1 aliphatic carbocycles. The second-order valence-electron chi connectivity index (χ2n) is 6.17. The van der Waals surface area contributed by atoms with Crippen LogP contribution >= 0.6 is 0 Å². The molecule has 1 amide bonds. The smallest absolute Gasteiger partial charge is 0.289 e. The Balaban J connectivity index is 1.40. The fourth-order valence-corrected chi connectivity index (χ4v) is 3.11. The van der Waals surface area contributed by atoms with Crippen LogP contribution in [0.3, 0.4) is 0 Å². The van der Waals surface area contributed by atoms with Crippen LogP contribution in [0.25, 0.3) is 11.3 Å². The first-order chi connectivity index (χ1) is 12.3. The van der Waals surface area contributed by atoms with Gasteiger partial charge in [-0.25, -0.2) is 5.43 Å². The van der Waals surface area contributed by atoms with Gasteiger partial charge in [-0.05, 0) is 43.4 Å². The molecule has 3 N–H and O–H groups in total. The van der Waals surface area contributed by atoms with Crippen molar-refractivity contribution in [2.45, 2.75) is 25.7 Å². The van der Waals surface area contributed by atoms with Crippen molar-refractivity contribution < 1.29 is 4.79 Å². The molecule has 0 bridgehead atoms. The summed E-state index contributed by atoms with van der Waals surface area (Å²) in [5.41, 5.74) is 8.17. The number of aromatic nitrogens is 3. The Kier molecular flexibility index (Phi) is 4.16. The Labute approximate surface area is 145 Å². The largest absolute Gasteiger partial charge is 0.357 e. The minimum Gasteiger partial charge on any atom is -0.357 e. The Hall–Kier alpha value is -3.15. The zero-order valence-corrected chi connectivity index (χ0v) is 13.7. The lowest BCUT2D eigenvalue weighted by Crippen LogP contribution is -2.18. The number of hydrogen-bond donors (Lipinski definition) is 3. The second-order valence-corrected chi connectivity index (χ2v) is 6.17. The summed E-state index contributed by atoms with van der Waals surface area (Å²) in [5.74, 6) is -0.317. The molecule has 2 aromatic heterocycles. The van der Waals surface area contributed by atoms with Crippen LogP contribution in [-0.4, -0.2) is 27.3 Å². The highest BCUT2D eigenvalue weighted by Gasteiger charge is 2.12. The third kappa shape index (κ3) is 3.38. The van der Waals surface area contributed by atoms with Gasteiger partial charge in [0, 0.05) is 11.3 Å². The summed E-state index contributed by atoms with van der Waals surface area (Å²) in [6, 6.07) is 13.5. The number of nitrogens with zero attached hydrogens (tertiary/aromatic N) is 2. The van der Waals surface area contributed by atoms with Crippen LogP contribution in [0.1, 0.15) is 40.3 Å². The van der Waals surface area contributed by atoms with E-state index in [4.69, 9.17) is 0 Å². The van der Waals surface area contributed by atoms with E-state index in [-0.39, 0.29) is 5.91 Å². The van der Waals surface area contributed by atoms with Crippen LogP contribution in [0.2, 0.25) is 0 Å². The molecule has 0 spiro atoms. The maximum absolute atomic E-state index is 12.2. The van der Waals surface area contributed by atoms with Crippen molar-refractivity contribution in [2.24, 2.45) is 5.10 Å². The number of aryl methyl sites for hydroxylation is 2. The fraction of sp³-hybridized carbons (Fsp3) is 0.211. The Bertz CT molecular complexity index is 884. The molecule has 2 heterocycles. The number of benzene rings is 1. The van der Waals surface area contributed by atoms with Crippen LogP contribution in [0, 0.1) is 0 Å². The summed E-state index contributed by atoms with van der Waals surface area (Å²) in [5, 5.41) is 11.0. The molecule has 126 valence electrons. The number of nitrogens with one attached hydrogen (secondary N) is 3. The molecule has 0 aliphatic heterocycles. The molecule has 0 fully saturated rings. The summed E-state index contributed by atoms with van der Waals surface area (Å²) in [6.45, 7) is 0. The normalized spacial score (nSPS) is 13.8. The van der Waals surface area contributed by atoms with E-state index in [0.29, 0.717) is 5.69 Å². The number of rotatable bonds is 4. The predicted molar refractivity (Wildman–Crippen MR) is 96.5 cm³/mol. The molecule has 3 aromatic rings. The lowest BCUT2D eigenvalue weighted by Gasteiger charge is -2.08. The topological polar surface area (TPSA) is 85.9 Å². The highest BCUT2D eigenvalue weighted by molar-refractivity contribution is 5.94. The Morgan fingerprint density at radius 2 is 2.00 bits per heavy atom. The fourth-order valence-electron chi connectivity index (χ4n) is 3.11. The maximum Gasteiger partial charge on any atom is 0.289 e. The highest BCUT2D eigenvalue weighted by Crippen LogP contribution is 2.21. The van der Waals surface area contributed by atoms with E-state index in [1.54, 1.807) is 12.3 Å². The summed E-state index contributed by atoms with van der Waals surface area (Å²) in [7, 11) is 0. The summed E-state index contributed by atoms with van der Waals surface area (Å²) >= 11 is 0. The first-order valence-corrected chi connectivity index (χ1v) is 8.44. The minimum atomic E-state index is -0.317. The van der Waals surface area contributed by atoms with Gasteiger partial charge in [0.2, 0.25) is 0 Å². The molecule has 0 saturated carbocycles. The third-order valence-electron chi connectivity index (χ3n) is 4.40. The van der Waals surface area contributed by atoms with Crippen LogP contribution in [-0.2, 0) is 12.8 Å². The van der Waals surface area contributed by atoms with Gasteiger partial charge in [-0.3, -0.25) is 9.89 Å². The molecule has 1 aliphatic rings. The average molecular weight is 333 g/mol. The van der Waals surface area contributed by atoms with E-state index >= 15 is 0 Å². The number of carbonyl (C=O) groups is 1. The number of hydrogen-bond acceptors (Lipinski definition) is 3. The SMILES string of the molecule is O=C(N/N=C\c1cc2c([nH]1)CCCC2)c1cc(-c2ccccc2)n[nH]1. The van der Waals surface area contributed by atoms with Gasteiger partial charge < -0.3 is 4.98 Å². The molecule has 6 heteroatoms. The van der Waals surface area contributed by atoms with Crippen molar-refractivity contribution in [3.8, 4) is 11.3 Å². The number of amides is 1. The number of carbonyl (C=O) groups excluding carboxylic acids is 1. The average Bonchev–Trinajstić information content (AvgIpc) is 3.29. The van der Waals surface area contributed by atoms with Crippen molar-refractivity contribution in [2.75, 3.05) is 0 Å². The van der Waals surface area contributed by atoms with Crippen molar-refractivity contribution in [3.63, 3.8) is 0 Å². The molecule has 0 radical (unpaired) electrons. The summed E-state index contributed by atoms with van der Waals surface area (Å²) in [6.07, 6.45) is 6.31. The van der Waals surface area contributed by atoms with Gasteiger partial charge in [0.05, 0.1) is 17.6 Å². The van der Waals surface area contributed by atoms with E-state index in [0.717, 1.165) is 29.8 Å². The minimum absolute atomic E-state index is 0.317. The number of H-pyrrole nitrogens is 2. The summed E-state index contributed by atoms with van der Waals surface area (Å²) < 4.78 is 0. The Morgan fingerprint density at radius 1 is 1.16 bits per heavy atom. The molecule has 0 atom stereocenters. The van der Waals surface area contributed by atoms with Gasteiger partial charge in [0.1, 0.15) is 5.69 Å². The van der Waals surface area contributed by atoms with Gasteiger partial charge in [-0.1, -0.05) is 30.3 Å². The van der Waals surface area contributed by atoms with Crippen molar-refractivity contribution in [1.29, 1.82) is 0 Å². The second kappa shape index (κ2) is 6.76. The number of hydrazone groups is 1. The van der Waals surface area contributed by atoms with Gasteiger partial charge in [-0.2, -0.15) is 10.2 Å². The summed E-state index contributed by atoms with van der Waals surface area (Å²) in [4.78, 5) is 15.5. The predicted octanol–water partition coefficient (Wildman–Crippen LogP) is 3.05. The van der Waals surface area contributed by atoms with Gasteiger partial charge in [-0.15, -0.1) is 0 Å². The molecule has 6 nitrogen and oxygen atoms in total. The molecule has 1 aromatic carbocycles. The van der Waals surface area contributed by atoms with Crippen LogP contribution < -0.4 is 5.43 Å². The van der Waals surface area contributed by atoms with E-state index in [1.165, 1.54) is 24.1 Å². The highest BCUT2D eigenvalue weighted by atomic mass is 16.2. The monoisotopic (exact) mass is 333 g/mol. The molecular weight excluding hydrogens is 314 g/mol. The van der Waals surface area contributed by atoms with E-state index in [2.05, 4.69) is 31.8 Å². The first kappa shape index (κ1) is 15.4. The van der Waals surface area contributed by atoms with Crippen LogP contribution in [0.4, 0.5) is 0 Å². The Morgan fingerprint density at radius 3 is 2.84 bits per heavy atom. The molecule has 25 heavy (non-hydrogen) atoms. The first-order valence-electron chi connectivity index (χ1n) is 8.44. The lowest BCUT2D eigenvalue weighted by atomic mass is 9.98. The van der Waals surface area contributed by atoms with Crippen molar-refractivity contribution in [3.05, 3.63) is 65.1 Å². The number of aromatic amines is 2. The quantitative estimate of drug-likeness (QED) is 0.506. The van der Waals surface area contributed by atoms with Gasteiger partial charge in [0.25, 0.3) is 5.91 Å². The van der Waals surface area contributed by atoms with E-state index < -0.39 is 0 Å². The molecule has 4 rings (SSSR count). The van der Waals surface area contributed by atoms with Crippen molar-refractivity contribution >= 4 is 12.1 Å². The van der Waals surface area contributed by atoms with E-state index in [1.807, 2.05) is 30.3 Å². The van der Waals surface area contributed by atoms with Gasteiger partial charge in [0.15, 0.2) is 0 Å². The van der Waals surface area contributed by atoms with Crippen molar-refractivity contribution in [1.82, 2.24) is 20.6 Å². The van der Waals surface area contributed by atoms with Gasteiger partial charge >= 0.3 is 0 Å². The zero-order chi connectivity index (χ0) is 17.1. The van der Waals surface area contributed by atoms with E-state index in [9.17, 15) is 4.79 Å². The number of fused-ring (bicyclic) bond motifs is 1. The maximum atomic E-state index is 12.2. The third-order valence-corrected chi connectivity index (χ3v) is 4.40. The van der Waals surface area contributed by atoms with Crippen LogP contribution in [0.15, 0.2) is 47.6 Å². The molecular formula is C19H19N5O.